The molecule has 0 aliphatic rings. The fourth-order valence-electron chi connectivity index (χ4n) is 3.36. The smallest absolute Gasteiger partial charge is 0.270 e. The van der Waals surface area contributed by atoms with Crippen molar-refractivity contribution >= 4 is 39.3 Å². The third-order valence-electron chi connectivity index (χ3n) is 5.23. The number of carbonyl (C=O) groups is 2. The van der Waals surface area contributed by atoms with Crippen molar-refractivity contribution in [1.29, 1.82) is 5.41 Å². The first-order chi connectivity index (χ1) is 18.3. The van der Waals surface area contributed by atoms with Gasteiger partial charge in [-0.2, -0.15) is 0 Å². The number of methoxy groups -OCH3 is 1. The normalized spacial score (nSPS) is 11.2. The minimum atomic E-state index is -0.938. The number of nitrogens with zero attached hydrogens (tertiary/aromatic N) is 1. The molecule has 2 amide bonds. The molecule has 0 saturated heterocycles. The van der Waals surface area contributed by atoms with Crippen molar-refractivity contribution in [1.82, 2.24) is 15.8 Å². The summed E-state index contributed by atoms with van der Waals surface area (Å²) in [6.07, 6.45) is 2.96. The number of pyridine rings is 1. The molecule has 3 rings (SSSR count). The van der Waals surface area contributed by atoms with Gasteiger partial charge in [-0.3, -0.25) is 30.8 Å². The molecule has 0 fully saturated rings. The fraction of sp³-hybridized carbons (Fsp3) is 0.231. The monoisotopic (exact) mass is 584 g/mol. The maximum atomic E-state index is 13.4. The van der Waals surface area contributed by atoms with Gasteiger partial charge < -0.3 is 25.3 Å². The first kappa shape index (κ1) is 28.4. The lowest BCUT2D eigenvalue weighted by molar-refractivity contribution is -0.122. The summed E-state index contributed by atoms with van der Waals surface area (Å²) >= 11 is 3.28. The van der Waals surface area contributed by atoms with E-state index in [1.807, 2.05) is 6.92 Å². The van der Waals surface area contributed by atoms with E-state index in [4.69, 9.17) is 25.4 Å². The number of hydrogen-bond donors (Lipinski definition) is 5. The van der Waals surface area contributed by atoms with Gasteiger partial charge in [-0.1, -0.05) is 6.07 Å². The number of hydrogen-bond acceptors (Lipinski definition) is 8. The van der Waals surface area contributed by atoms with Crippen molar-refractivity contribution < 1.29 is 23.8 Å². The Balaban J connectivity index is 1.87. The zero-order valence-corrected chi connectivity index (χ0v) is 22.5. The molecule has 0 aliphatic carbocycles. The van der Waals surface area contributed by atoms with Crippen LogP contribution in [0.4, 0.5) is 5.69 Å². The minimum Gasteiger partial charge on any atom is -0.490 e. The highest BCUT2D eigenvalue weighted by atomic mass is 79.9. The second-order valence-corrected chi connectivity index (χ2v) is 8.70. The zero-order valence-electron chi connectivity index (χ0n) is 20.9. The highest BCUT2D eigenvalue weighted by Crippen LogP contribution is 2.32. The number of ether oxygens (including phenoxy) is 3. The van der Waals surface area contributed by atoms with Crippen molar-refractivity contribution in [3.63, 3.8) is 0 Å². The lowest BCUT2D eigenvalue weighted by Gasteiger charge is -2.22. The standard InChI is InChI=1S/C26H29BrN6O5/c1-3-37-22-14-17(6-9-21(22)38-13-12-36-2)23(31-18-7-4-16(5-8-18)24(28)29)26(35)33-32-25(34)19-10-11-30-15-20(19)27/h4-11,14-15,23,31H,3,12-13H2,1-2H3,(H3,28,29)(H,32,34)(H,33,35). The number of nitrogens with two attached hydrogens (primary N) is 1. The van der Waals surface area contributed by atoms with Gasteiger partial charge in [0.25, 0.3) is 11.8 Å². The first-order valence-electron chi connectivity index (χ1n) is 11.6. The van der Waals surface area contributed by atoms with E-state index in [-0.39, 0.29) is 5.84 Å². The van der Waals surface area contributed by atoms with Crippen molar-refractivity contribution in [2.75, 3.05) is 32.2 Å². The Morgan fingerprint density at radius 3 is 2.47 bits per heavy atom. The van der Waals surface area contributed by atoms with E-state index in [9.17, 15) is 9.59 Å². The summed E-state index contributed by atoms with van der Waals surface area (Å²) in [4.78, 5) is 29.9. The summed E-state index contributed by atoms with van der Waals surface area (Å²) in [7, 11) is 1.58. The molecule has 1 atom stereocenters. The molecule has 38 heavy (non-hydrogen) atoms. The lowest BCUT2D eigenvalue weighted by atomic mass is 10.0. The minimum absolute atomic E-state index is 0.0683. The number of carbonyl (C=O) groups excluding carboxylic acids is 2. The molecule has 1 heterocycles. The predicted octanol–water partition coefficient (Wildman–Crippen LogP) is 3.17. The molecule has 0 spiro atoms. The van der Waals surface area contributed by atoms with Crippen LogP contribution in [0.5, 0.6) is 11.5 Å². The van der Waals surface area contributed by atoms with Crippen LogP contribution in [0, 0.1) is 5.41 Å². The number of amides is 2. The Labute approximate surface area is 228 Å². The van der Waals surface area contributed by atoms with E-state index in [0.717, 1.165) is 0 Å². The molecular weight excluding hydrogens is 556 g/mol. The predicted molar refractivity (Wildman–Crippen MR) is 146 cm³/mol. The van der Waals surface area contributed by atoms with Gasteiger partial charge in [0, 0.05) is 35.2 Å². The summed E-state index contributed by atoms with van der Waals surface area (Å²) in [5.41, 5.74) is 12.5. The number of hydrazine groups is 1. The van der Waals surface area contributed by atoms with Crippen molar-refractivity contribution in [3.05, 3.63) is 82.1 Å². The van der Waals surface area contributed by atoms with E-state index < -0.39 is 17.9 Å². The Bertz CT molecular complexity index is 1270. The summed E-state index contributed by atoms with van der Waals surface area (Å²) in [6.45, 7) is 2.97. The van der Waals surface area contributed by atoms with Crippen LogP contribution in [-0.2, 0) is 9.53 Å². The Morgan fingerprint density at radius 1 is 1.05 bits per heavy atom. The zero-order chi connectivity index (χ0) is 27.5. The average Bonchev–Trinajstić information content (AvgIpc) is 2.92. The summed E-state index contributed by atoms with van der Waals surface area (Å²) < 4.78 is 17.0. The molecule has 1 unspecified atom stereocenters. The molecule has 0 radical (unpaired) electrons. The highest BCUT2D eigenvalue weighted by molar-refractivity contribution is 9.10. The summed E-state index contributed by atoms with van der Waals surface area (Å²) in [5.74, 6) is -0.157. The SMILES string of the molecule is CCOc1cc(C(Nc2ccc(C(=N)N)cc2)C(=O)NNC(=O)c2ccncc2Br)ccc1OCCOC. The van der Waals surface area contributed by atoms with Crippen LogP contribution >= 0.6 is 15.9 Å². The number of nitrogens with one attached hydrogen (secondary N) is 4. The molecule has 6 N–H and O–H groups in total. The molecule has 12 heteroatoms. The van der Waals surface area contributed by atoms with Crippen LogP contribution in [0.15, 0.2) is 65.4 Å². The average molecular weight is 585 g/mol. The van der Waals surface area contributed by atoms with E-state index in [1.165, 1.54) is 18.5 Å². The number of rotatable bonds is 12. The number of halogens is 1. The van der Waals surface area contributed by atoms with Gasteiger partial charge in [0.15, 0.2) is 11.5 Å². The maximum Gasteiger partial charge on any atom is 0.270 e. The third-order valence-corrected chi connectivity index (χ3v) is 5.86. The van der Waals surface area contributed by atoms with Crippen LogP contribution < -0.4 is 31.4 Å². The molecule has 200 valence electrons. The van der Waals surface area contributed by atoms with Gasteiger partial charge in [-0.05, 0) is 70.9 Å². The van der Waals surface area contributed by atoms with Crippen LogP contribution in [0.25, 0.3) is 0 Å². The molecule has 11 nitrogen and oxygen atoms in total. The van der Waals surface area contributed by atoms with Gasteiger partial charge in [0.2, 0.25) is 0 Å². The number of aromatic nitrogens is 1. The molecule has 0 aliphatic heterocycles. The largest absolute Gasteiger partial charge is 0.490 e. The number of benzene rings is 2. The second-order valence-electron chi connectivity index (χ2n) is 7.85. The van der Waals surface area contributed by atoms with Gasteiger partial charge >= 0.3 is 0 Å². The van der Waals surface area contributed by atoms with Crippen LogP contribution in [-0.4, -0.2) is 49.6 Å². The maximum absolute atomic E-state index is 13.4. The molecule has 3 aromatic rings. The van der Waals surface area contributed by atoms with Gasteiger partial charge in [-0.15, -0.1) is 0 Å². The van der Waals surface area contributed by atoms with E-state index in [0.29, 0.717) is 58.2 Å². The molecule has 2 aromatic carbocycles. The molecule has 0 bridgehead atoms. The Morgan fingerprint density at radius 2 is 1.82 bits per heavy atom. The third kappa shape index (κ3) is 7.67. The topological polar surface area (TPSA) is 161 Å². The lowest BCUT2D eigenvalue weighted by Crippen LogP contribution is -2.45. The van der Waals surface area contributed by atoms with E-state index in [1.54, 1.807) is 49.6 Å². The van der Waals surface area contributed by atoms with Crippen LogP contribution in [0.3, 0.4) is 0 Å². The van der Waals surface area contributed by atoms with Crippen molar-refractivity contribution in [2.45, 2.75) is 13.0 Å². The number of anilines is 1. The summed E-state index contributed by atoms with van der Waals surface area (Å²) in [6, 6.07) is 12.5. The highest BCUT2D eigenvalue weighted by Gasteiger charge is 2.24. The quantitative estimate of drug-likeness (QED) is 0.0938. The van der Waals surface area contributed by atoms with Crippen molar-refractivity contribution in [3.8, 4) is 11.5 Å². The number of amidine groups is 1. The first-order valence-corrected chi connectivity index (χ1v) is 12.4. The molecular formula is C26H29BrN6O5. The van der Waals surface area contributed by atoms with Crippen LogP contribution in [0.2, 0.25) is 0 Å². The van der Waals surface area contributed by atoms with Gasteiger partial charge in [0.05, 0.1) is 18.8 Å². The van der Waals surface area contributed by atoms with Crippen molar-refractivity contribution in [2.24, 2.45) is 5.73 Å². The van der Waals surface area contributed by atoms with Crippen LogP contribution in [0.1, 0.15) is 34.5 Å². The van der Waals surface area contributed by atoms with E-state index >= 15 is 0 Å². The van der Waals surface area contributed by atoms with E-state index in [2.05, 4.69) is 37.1 Å². The number of nitrogen functional groups attached to an aromatic ring is 1. The Kier molecular flexibility index (Phi) is 10.4. The molecule has 0 saturated carbocycles. The fourth-order valence-corrected chi connectivity index (χ4v) is 3.79. The second kappa shape index (κ2) is 14.0. The summed E-state index contributed by atoms with van der Waals surface area (Å²) in [5, 5.41) is 10.8. The van der Waals surface area contributed by atoms with Gasteiger partial charge in [-0.25, -0.2) is 0 Å². The molecule has 1 aromatic heterocycles. The van der Waals surface area contributed by atoms with Gasteiger partial charge in [0.1, 0.15) is 18.5 Å². The Hall–Kier alpha value is -4.16.